The Balaban J connectivity index is 1.80. The molecule has 8 heteroatoms. The van der Waals surface area contributed by atoms with Crippen molar-refractivity contribution in [3.63, 3.8) is 0 Å². The minimum atomic E-state index is -0.517. The number of rotatable bonds is 9. The fourth-order valence-corrected chi connectivity index (χ4v) is 3.84. The molecule has 6 nitrogen and oxygen atoms in total. The number of carbonyl (C=O) groups is 3. The summed E-state index contributed by atoms with van der Waals surface area (Å²) in [7, 11) is 0. The van der Waals surface area contributed by atoms with Gasteiger partial charge < -0.3 is 15.4 Å². The zero-order chi connectivity index (χ0) is 24.3. The number of anilines is 1. The van der Waals surface area contributed by atoms with Gasteiger partial charge >= 0.3 is 5.97 Å². The molecule has 0 bridgehead atoms. The molecule has 0 atom stereocenters. The maximum Gasteiger partial charge on any atom is 0.316 e. The average molecular weight is 495 g/mol. The van der Waals surface area contributed by atoms with E-state index in [9.17, 15) is 14.4 Å². The van der Waals surface area contributed by atoms with Gasteiger partial charge in [-0.3, -0.25) is 14.4 Å². The van der Waals surface area contributed by atoms with Crippen molar-refractivity contribution < 1.29 is 19.1 Å². The third kappa shape index (κ3) is 7.50. The molecule has 0 fully saturated rings. The average Bonchev–Trinajstić information content (AvgIpc) is 2.84. The number of hydrogen-bond acceptors (Lipinski definition) is 5. The number of ether oxygens (including phenoxy) is 1. The summed E-state index contributed by atoms with van der Waals surface area (Å²) >= 11 is 7.56. The molecule has 3 aromatic rings. The Morgan fingerprint density at radius 2 is 1.71 bits per heavy atom. The fourth-order valence-electron chi connectivity index (χ4n) is 2.90. The molecule has 0 spiro atoms. The normalized spacial score (nSPS) is 10.9. The molecular weight excluding hydrogens is 472 g/mol. The number of amides is 2. The van der Waals surface area contributed by atoms with Gasteiger partial charge in [0.25, 0.3) is 11.8 Å². The van der Waals surface area contributed by atoms with Crippen LogP contribution >= 0.6 is 23.4 Å². The summed E-state index contributed by atoms with van der Waals surface area (Å²) < 4.78 is 4.94. The van der Waals surface area contributed by atoms with Crippen molar-refractivity contribution in [3.8, 4) is 0 Å². The van der Waals surface area contributed by atoms with Gasteiger partial charge in [0, 0.05) is 21.2 Å². The van der Waals surface area contributed by atoms with Gasteiger partial charge in [0.1, 0.15) is 5.70 Å². The summed E-state index contributed by atoms with van der Waals surface area (Å²) in [5, 5.41) is 5.92. The van der Waals surface area contributed by atoms with Crippen LogP contribution in [0.4, 0.5) is 5.69 Å². The second kappa shape index (κ2) is 12.6. The van der Waals surface area contributed by atoms with Crippen molar-refractivity contribution in [2.24, 2.45) is 0 Å². The van der Waals surface area contributed by atoms with Crippen molar-refractivity contribution in [1.29, 1.82) is 0 Å². The first-order chi connectivity index (χ1) is 16.5. The van der Waals surface area contributed by atoms with Crippen molar-refractivity contribution >= 4 is 52.9 Å². The molecule has 0 saturated heterocycles. The number of esters is 1. The van der Waals surface area contributed by atoms with Crippen LogP contribution in [0.3, 0.4) is 0 Å². The summed E-state index contributed by atoms with van der Waals surface area (Å²) in [6.07, 6.45) is 1.53. The van der Waals surface area contributed by atoms with Gasteiger partial charge in [0.2, 0.25) is 0 Å². The first-order valence-corrected chi connectivity index (χ1v) is 11.8. The standard InChI is InChI=1S/C26H23ClN2O4S/c1-2-33-24(30)17-34-21-13-8-12-20(16-21)28-26(32)23(15-19-11-6-7-14-22(19)27)29-25(31)18-9-4-3-5-10-18/h3-16H,2,17H2,1H3,(H,28,32)(H,29,31)/b23-15-. The molecule has 3 aromatic carbocycles. The van der Waals surface area contributed by atoms with E-state index in [2.05, 4.69) is 10.6 Å². The maximum absolute atomic E-state index is 13.1. The van der Waals surface area contributed by atoms with Gasteiger partial charge in [-0.2, -0.15) is 0 Å². The molecule has 2 N–H and O–H groups in total. The topological polar surface area (TPSA) is 84.5 Å². The molecule has 0 unspecified atom stereocenters. The van der Waals surface area contributed by atoms with E-state index < -0.39 is 11.8 Å². The minimum absolute atomic E-state index is 0.0338. The van der Waals surface area contributed by atoms with Gasteiger partial charge in [-0.25, -0.2) is 0 Å². The number of thioether (sulfide) groups is 1. The highest BCUT2D eigenvalue weighted by atomic mass is 35.5. The third-order valence-electron chi connectivity index (χ3n) is 4.49. The largest absolute Gasteiger partial charge is 0.465 e. The van der Waals surface area contributed by atoms with Crippen LogP contribution in [0.5, 0.6) is 0 Å². The molecule has 3 rings (SSSR count). The highest BCUT2D eigenvalue weighted by molar-refractivity contribution is 8.00. The monoisotopic (exact) mass is 494 g/mol. The molecular formula is C26H23ClN2O4S. The Morgan fingerprint density at radius 1 is 0.971 bits per heavy atom. The van der Waals surface area contributed by atoms with Crippen molar-refractivity contribution in [1.82, 2.24) is 5.32 Å². The van der Waals surface area contributed by atoms with E-state index in [4.69, 9.17) is 16.3 Å². The molecule has 34 heavy (non-hydrogen) atoms. The summed E-state index contributed by atoms with van der Waals surface area (Å²) in [6, 6.07) is 22.7. The van der Waals surface area contributed by atoms with E-state index in [1.807, 2.05) is 6.07 Å². The zero-order valence-corrected chi connectivity index (χ0v) is 20.0. The smallest absolute Gasteiger partial charge is 0.316 e. The number of hydrogen-bond donors (Lipinski definition) is 2. The quantitative estimate of drug-likeness (QED) is 0.236. The first kappa shape index (κ1) is 25.1. The summed E-state index contributed by atoms with van der Waals surface area (Å²) in [5.41, 5.74) is 1.54. The van der Waals surface area contributed by atoms with Crippen LogP contribution in [0.1, 0.15) is 22.8 Å². The van der Waals surface area contributed by atoms with Crippen LogP contribution in [0.15, 0.2) is 89.5 Å². The van der Waals surface area contributed by atoms with Gasteiger partial charge in [-0.1, -0.05) is 54.1 Å². The van der Waals surface area contributed by atoms with Crippen LogP contribution in [0.25, 0.3) is 6.08 Å². The molecule has 174 valence electrons. The fraction of sp³-hybridized carbons (Fsp3) is 0.115. The molecule has 0 aliphatic rings. The van der Waals surface area contributed by atoms with E-state index in [-0.39, 0.29) is 17.4 Å². The number of halogens is 1. The molecule has 0 heterocycles. The predicted octanol–water partition coefficient (Wildman–Crippen LogP) is 5.40. The summed E-state index contributed by atoms with van der Waals surface area (Å²) in [5.74, 6) is -1.09. The van der Waals surface area contributed by atoms with Crippen LogP contribution in [-0.2, 0) is 14.3 Å². The van der Waals surface area contributed by atoms with Gasteiger partial charge in [-0.05, 0) is 55.0 Å². The van der Waals surface area contributed by atoms with Crippen molar-refractivity contribution in [2.75, 3.05) is 17.7 Å². The molecule has 0 aliphatic heterocycles. The number of nitrogens with one attached hydrogen (secondary N) is 2. The lowest BCUT2D eigenvalue weighted by Gasteiger charge is -2.12. The van der Waals surface area contributed by atoms with Gasteiger partial charge in [0.15, 0.2) is 0 Å². The molecule has 0 aromatic heterocycles. The Hall–Kier alpha value is -3.55. The second-order valence-corrected chi connectivity index (χ2v) is 8.43. The highest BCUT2D eigenvalue weighted by Gasteiger charge is 2.16. The minimum Gasteiger partial charge on any atom is -0.465 e. The maximum atomic E-state index is 13.1. The molecule has 2 amide bonds. The van der Waals surface area contributed by atoms with E-state index in [0.717, 1.165) is 4.90 Å². The second-order valence-electron chi connectivity index (χ2n) is 6.98. The van der Waals surface area contributed by atoms with Crippen LogP contribution in [0, 0.1) is 0 Å². The van der Waals surface area contributed by atoms with Gasteiger partial charge in [0.05, 0.1) is 12.4 Å². The number of carbonyl (C=O) groups excluding carboxylic acids is 3. The van der Waals surface area contributed by atoms with Crippen LogP contribution in [-0.4, -0.2) is 30.1 Å². The van der Waals surface area contributed by atoms with Crippen LogP contribution < -0.4 is 10.6 Å². The SMILES string of the molecule is CCOC(=O)CSc1cccc(NC(=O)/C(=C/c2ccccc2Cl)NC(=O)c2ccccc2)c1. The van der Waals surface area contributed by atoms with E-state index in [1.165, 1.54) is 17.8 Å². The number of benzene rings is 3. The van der Waals surface area contributed by atoms with Gasteiger partial charge in [-0.15, -0.1) is 11.8 Å². The van der Waals surface area contributed by atoms with Crippen LogP contribution in [0.2, 0.25) is 5.02 Å². The lowest BCUT2D eigenvalue weighted by Crippen LogP contribution is -2.30. The Morgan fingerprint density at radius 3 is 2.44 bits per heavy atom. The molecule has 0 aliphatic carbocycles. The molecule has 0 radical (unpaired) electrons. The predicted molar refractivity (Wildman–Crippen MR) is 136 cm³/mol. The van der Waals surface area contributed by atoms with E-state index >= 15 is 0 Å². The first-order valence-electron chi connectivity index (χ1n) is 10.5. The third-order valence-corrected chi connectivity index (χ3v) is 5.80. The van der Waals surface area contributed by atoms with Crippen molar-refractivity contribution in [2.45, 2.75) is 11.8 Å². The van der Waals surface area contributed by atoms with Crippen molar-refractivity contribution in [3.05, 3.63) is 101 Å². The molecule has 0 saturated carbocycles. The Kier molecular flexibility index (Phi) is 9.31. The summed E-state index contributed by atoms with van der Waals surface area (Å²) in [6.45, 7) is 2.08. The Bertz CT molecular complexity index is 1200. The summed E-state index contributed by atoms with van der Waals surface area (Å²) in [4.78, 5) is 38.3. The van der Waals surface area contributed by atoms with E-state index in [1.54, 1.807) is 79.7 Å². The zero-order valence-electron chi connectivity index (χ0n) is 18.4. The lowest BCUT2D eigenvalue weighted by molar-refractivity contribution is -0.139. The van der Waals surface area contributed by atoms with E-state index in [0.29, 0.717) is 28.4 Å². The highest BCUT2D eigenvalue weighted by Crippen LogP contribution is 2.23. The Labute approximate surface area is 207 Å². The lowest BCUT2D eigenvalue weighted by atomic mass is 10.1.